The van der Waals surface area contributed by atoms with Gasteiger partial charge < -0.3 is 9.88 Å². The largest absolute Gasteiger partial charge is 0.325 e. The Morgan fingerprint density at radius 3 is 2.38 bits per heavy atom. The molecule has 1 fully saturated rings. The molecular formula is C24H29N5O3S2. The van der Waals surface area contributed by atoms with Crippen molar-refractivity contribution in [3.05, 3.63) is 66.0 Å². The summed E-state index contributed by atoms with van der Waals surface area (Å²) in [6, 6.07) is 16.4. The lowest BCUT2D eigenvalue weighted by atomic mass is 10.1. The van der Waals surface area contributed by atoms with Gasteiger partial charge in [-0.05, 0) is 49.6 Å². The molecule has 0 spiro atoms. The van der Waals surface area contributed by atoms with Gasteiger partial charge in [0.05, 0.1) is 10.6 Å². The Morgan fingerprint density at radius 1 is 1.00 bits per heavy atom. The van der Waals surface area contributed by atoms with Crippen LogP contribution in [-0.2, 0) is 27.8 Å². The number of carbonyl (C=O) groups is 1. The number of thioether (sulfide) groups is 1. The van der Waals surface area contributed by atoms with E-state index in [1.165, 1.54) is 16.1 Å². The fourth-order valence-electron chi connectivity index (χ4n) is 3.94. The molecule has 0 radical (unpaired) electrons. The SMILES string of the molecule is CCn1c(Cc2ccccc2)nnc1SCC(=O)Nc1ccc(S(=O)(=O)N2CCCCC2)cc1. The summed E-state index contributed by atoms with van der Waals surface area (Å²) >= 11 is 1.33. The zero-order chi connectivity index (χ0) is 24.0. The van der Waals surface area contributed by atoms with E-state index in [9.17, 15) is 13.2 Å². The first-order chi connectivity index (χ1) is 16.5. The van der Waals surface area contributed by atoms with E-state index in [0.717, 1.165) is 30.7 Å². The van der Waals surface area contributed by atoms with E-state index in [2.05, 4.69) is 27.6 Å². The number of rotatable bonds is 9. The number of aromatic nitrogens is 3. The van der Waals surface area contributed by atoms with Gasteiger partial charge in [0.2, 0.25) is 15.9 Å². The number of nitrogens with one attached hydrogen (secondary N) is 1. The Labute approximate surface area is 204 Å². The van der Waals surface area contributed by atoms with Crippen LogP contribution in [0.5, 0.6) is 0 Å². The van der Waals surface area contributed by atoms with Crippen LogP contribution in [-0.4, -0.2) is 52.2 Å². The van der Waals surface area contributed by atoms with Crippen molar-refractivity contribution in [3.8, 4) is 0 Å². The van der Waals surface area contributed by atoms with Crippen molar-refractivity contribution < 1.29 is 13.2 Å². The molecule has 1 saturated heterocycles. The van der Waals surface area contributed by atoms with Gasteiger partial charge in [0.15, 0.2) is 5.16 Å². The number of sulfonamides is 1. The fourth-order valence-corrected chi connectivity index (χ4v) is 6.28. The molecule has 3 aromatic rings. The van der Waals surface area contributed by atoms with Crippen LogP contribution in [0.4, 0.5) is 5.69 Å². The molecular weight excluding hydrogens is 470 g/mol. The van der Waals surface area contributed by atoms with Crippen LogP contribution in [0.1, 0.15) is 37.6 Å². The minimum atomic E-state index is -3.48. The summed E-state index contributed by atoms with van der Waals surface area (Å²) in [5, 5.41) is 12.1. The first-order valence-corrected chi connectivity index (χ1v) is 13.9. The molecule has 10 heteroatoms. The molecule has 2 aromatic carbocycles. The van der Waals surface area contributed by atoms with E-state index in [-0.39, 0.29) is 16.6 Å². The number of piperidine rings is 1. The Morgan fingerprint density at radius 2 is 1.71 bits per heavy atom. The van der Waals surface area contributed by atoms with Crippen molar-refractivity contribution in [1.29, 1.82) is 0 Å². The van der Waals surface area contributed by atoms with Crippen LogP contribution in [0, 0.1) is 0 Å². The molecule has 0 saturated carbocycles. The van der Waals surface area contributed by atoms with Crippen LogP contribution in [0.15, 0.2) is 64.6 Å². The van der Waals surface area contributed by atoms with Crippen LogP contribution in [0.25, 0.3) is 0 Å². The number of hydrogen-bond acceptors (Lipinski definition) is 6. The third kappa shape index (κ3) is 5.86. The summed E-state index contributed by atoms with van der Waals surface area (Å²) in [7, 11) is -3.48. The van der Waals surface area contributed by atoms with Crippen LogP contribution >= 0.6 is 11.8 Å². The molecule has 180 valence electrons. The van der Waals surface area contributed by atoms with Gasteiger partial charge in [0.25, 0.3) is 0 Å². The van der Waals surface area contributed by atoms with E-state index in [1.807, 2.05) is 29.7 Å². The third-order valence-corrected chi connectivity index (χ3v) is 8.62. The quantitative estimate of drug-likeness (QED) is 0.450. The minimum absolute atomic E-state index is 0.178. The first kappa shape index (κ1) is 24.4. The number of hydrogen-bond donors (Lipinski definition) is 1. The summed E-state index contributed by atoms with van der Waals surface area (Å²) < 4.78 is 29.1. The Balaban J connectivity index is 1.33. The highest BCUT2D eigenvalue weighted by Crippen LogP contribution is 2.23. The van der Waals surface area contributed by atoms with E-state index >= 15 is 0 Å². The number of amides is 1. The van der Waals surface area contributed by atoms with Gasteiger partial charge in [-0.3, -0.25) is 4.79 Å². The predicted molar refractivity (Wildman–Crippen MR) is 133 cm³/mol. The summed E-state index contributed by atoms with van der Waals surface area (Å²) in [5.41, 5.74) is 1.72. The molecule has 0 bridgehead atoms. The highest BCUT2D eigenvalue weighted by atomic mass is 32.2. The van der Waals surface area contributed by atoms with E-state index in [1.54, 1.807) is 24.3 Å². The lowest BCUT2D eigenvalue weighted by Crippen LogP contribution is -2.35. The number of nitrogens with zero attached hydrogens (tertiary/aromatic N) is 4. The standard InChI is InChI=1S/C24H29N5O3S2/c1-2-29-22(17-19-9-5-3-6-10-19)26-27-24(29)33-18-23(30)25-20-11-13-21(14-12-20)34(31,32)28-15-7-4-8-16-28/h3,5-6,9-14H,2,4,7-8,15-18H2,1H3,(H,25,30). The van der Waals surface area contributed by atoms with Crippen molar-refractivity contribution in [3.63, 3.8) is 0 Å². The maximum absolute atomic E-state index is 12.8. The van der Waals surface area contributed by atoms with Crippen molar-refractivity contribution in [1.82, 2.24) is 19.1 Å². The molecule has 1 aliphatic heterocycles. The van der Waals surface area contributed by atoms with Gasteiger partial charge >= 0.3 is 0 Å². The second kappa shape index (κ2) is 11.2. The van der Waals surface area contributed by atoms with Crippen molar-refractivity contribution >= 4 is 33.4 Å². The summed E-state index contributed by atoms with van der Waals surface area (Å²) in [6.07, 6.45) is 3.54. The second-order valence-electron chi connectivity index (χ2n) is 8.13. The smallest absolute Gasteiger partial charge is 0.243 e. The van der Waals surface area contributed by atoms with Gasteiger partial charge in [-0.25, -0.2) is 8.42 Å². The van der Waals surface area contributed by atoms with E-state index in [0.29, 0.717) is 36.9 Å². The van der Waals surface area contributed by atoms with Gasteiger partial charge in [0.1, 0.15) is 5.82 Å². The van der Waals surface area contributed by atoms with Crippen molar-refractivity contribution in [2.45, 2.75) is 49.2 Å². The molecule has 34 heavy (non-hydrogen) atoms. The highest BCUT2D eigenvalue weighted by molar-refractivity contribution is 7.99. The molecule has 2 heterocycles. The molecule has 8 nitrogen and oxygen atoms in total. The van der Waals surface area contributed by atoms with Gasteiger partial charge in [-0.1, -0.05) is 48.5 Å². The number of benzene rings is 2. The van der Waals surface area contributed by atoms with Crippen molar-refractivity contribution in [2.75, 3.05) is 24.2 Å². The predicted octanol–water partition coefficient (Wildman–Crippen LogP) is 3.79. The topological polar surface area (TPSA) is 97.2 Å². The number of carbonyl (C=O) groups excluding carboxylic acids is 1. The Kier molecular flexibility index (Phi) is 8.02. The van der Waals surface area contributed by atoms with Crippen LogP contribution < -0.4 is 5.32 Å². The third-order valence-electron chi connectivity index (χ3n) is 5.74. The van der Waals surface area contributed by atoms with Crippen LogP contribution in [0.3, 0.4) is 0 Å². The summed E-state index contributed by atoms with van der Waals surface area (Å²) in [5.74, 6) is 0.853. The Bertz CT molecular complexity index is 1210. The molecule has 1 aromatic heterocycles. The summed E-state index contributed by atoms with van der Waals surface area (Å²) in [4.78, 5) is 12.8. The Hall–Kier alpha value is -2.69. The molecule has 1 N–H and O–H groups in total. The monoisotopic (exact) mass is 499 g/mol. The van der Waals surface area contributed by atoms with Crippen molar-refractivity contribution in [2.24, 2.45) is 0 Å². The van der Waals surface area contributed by atoms with Crippen LogP contribution in [0.2, 0.25) is 0 Å². The minimum Gasteiger partial charge on any atom is -0.325 e. The fraction of sp³-hybridized carbons (Fsp3) is 0.375. The van der Waals surface area contributed by atoms with E-state index in [4.69, 9.17) is 0 Å². The zero-order valence-electron chi connectivity index (χ0n) is 19.2. The highest BCUT2D eigenvalue weighted by Gasteiger charge is 2.25. The first-order valence-electron chi connectivity index (χ1n) is 11.5. The molecule has 0 unspecified atom stereocenters. The van der Waals surface area contributed by atoms with Gasteiger partial charge in [0, 0.05) is 31.7 Å². The molecule has 1 amide bonds. The normalized spacial score (nSPS) is 14.7. The molecule has 4 rings (SSSR count). The summed E-state index contributed by atoms with van der Waals surface area (Å²) in [6.45, 7) is 3.87. The number of anilines is 1. The molecule has 1 aliphatic rings. The average molecular weight is 500 g/mol. The lowest BCUT2D eigenvalue weighted by Gasteiger charge is -2.25. The second-order valence-corrected chi connectivity index (χ2v) is 11.0. The lowest BCUT2D eigenvalue weighted by molar-refractivity contribution is -0.113. The molecule has 0 aliphatic carbocycles. The average Bonchev–Trinajstić information content (AvgIpc) is 3.25. The zero-order valence-corrected chi connectivity index (χ0v) is 20.8. The molecule has 0 atom stereocenters. The maximum Gasteiger partial charge on any atom is 0.243 e. The van der Waals surface area contributed by atoms with Gasteiger partial charge in [-0.2, -0.15) is 4.31 Å². The van der Waals surface area contributed by atoms with Gasteiger partial charge in [-0.15, -0.1) is 10.2 Å². The maximum atomic E-state index is 12.8. The van der Waals surface area contributed by atoms with E-state index < -0.39 is 10.0 Å².